The molecule has 43 heavy (non-hydrogen) atoms. The van der Waals surface area contributed by atoms with Gasteiger partial charge >= 0.3 is 0 Å². The van der Waals surface area contributed by atoms with Crippen molar-refractivity contribution >= 4 is 52.5 Å². The molecule has 6 rings (SSSR count). The fraction of sp³-hybridized carbons (Fsp3) is 0.517. The number of Topliss-reactive ketones (excluding diaryl/α,β-unsaturated/α-hetero) is 1. The van der Waals surface area contributed by atoms with Crippen LogP contribution in [0.4, 0.5) is 23.4 Å². The molecule has 4 N–H and O–H groups in total. The van der Waals surface area contributed by atoms with Crippen LogP contribution in [0, 0.1) is 11.3 Å². The predicted octanol–water partition coefficient (Wildman–Crippen LogP) is 2.85. The zero-order chi connectivity index (χ0) is 30.0. The van der Waals surface area contributed by atoms with Crippen molar-refractivity contribution < 1.29 is 9.90 Å². The second-order valence-corrected chi connectivity index (χ2v) is 13.0. The number of carbonyl (C=O) groups excluding carboxylic acids is 1. The number of rotatable bonds is 8. The van der Waals surface area contributed by atoms with Gasteiger partial charge in [0.15, 0.2) is 5.82 Å². The molecule has 3 aromatic heterocycles. The van der Waals surface area contributed by atoms with E-state index in [1.54, 1.807) is 30.9 Å². The van der Waals surface area contributed by atoms with Crippen molar-refractivity contribution in [1.29, 1.82) is 0 Å². The first kappa shape index (κ1) is 29.9. The van der Waals surface area contributed by atoms with E-state index in [1.165, 1.54) is 11.8 Å². The Kier molecular flexibility index (Phi) is 8.96. The fourth-order valence-corrected chi connectivity index (χ4v) is 7.31. The Labute approximate surface area is 260 Å². The highest BCUT2D eigenvalue weighted by Gasteiger charge is 2.50. The van der Waals surface area contributed by atoms with Gasteiger partial charge in [0.1, 0.15) is 22.4 Å². The van der Waals surface area contributed by atoms with Gasteiger partial charge in [-0.05, 0) is 30.4 Å². The van der Waals surface area contributed by atoms with Gasteiger partial charge in [-0.1, -0.05) is 30.3 Å². The summed E-state index contributed by atoms with van der Waals surface area (Å²) < 4.78 is 0. The van der Waals surface area contributed by atoms with E-state index in [-0.39, 0.29) is 24.0 Å². The minimum absolute atomic E-state index is 0.0541. The summed E-state index contributed by atoms with van der Waals surface area (Å²) in [5.41, 5.74) is 6.39. The SMILES string of the molecule is C[C@@H]1C(=O)CC2(CCN(c3cnc(Sc4ccnc(Nc5ccnc(N6CCN(CCO)CC6)n5)c4Cl)cn3)CC2)[C@H]1N. The maximum atomic E-state index is 12.3. The van der Waals surface area contributed by atoms with Crippen LogP contribution in [0.5, 0.6) is 0 Å². The van der Waals surface area contributed by atoms with E-state index < -0.39 is 0 Å². The van der Waals surface area contributed by atoms with Crippen molar-refractivity contribution in [1.82, 2.24) is 29.8 Å². The number of pyridine rings is 1. The molecule has 3 aliphatic rings. The van der Waals surface area contributed by atoms with E-state index in [0.717, 1.165) is 67.8 Å². The molecular weight excluding hydrogens is 588 g/mol. The third-order valence-electron chi connectivity index (χ3n) is 9.01. The second-order valence-electron chi connectivity index (χ2n) is 11.5. The Morgan fingerprint density at radius 2 is 1.81 bits per heavy atom. The van der Waals surface area contributed by atoms with E-state index in [2.05, 4.69) is 44.9 Å². The summed E-state index contributed by atoms with van der Waals surface area (Å²) in [5, 5.41) is 13.6. The maximum absolute atomic E-state index is 12.3. The minimum atomic E-state index is -0.0798. The zero-order valence-corrected chi connectivity index (χ0v) is 25.8. The molecule has 0 amide bonds. The highest BCUT2D eigenvalue weighted by atomic mass is 35.5. The van der Waals surface area contributed by atoms with Crippen LogP contribution in [0.1, 0.15) is 26.2 Å². The lowest BCUT2D eigenvalue weighted by atomic mass is 9.73. The molecule has 0 bridgehead atoms. The van der Waals surface area contributed by atoms with Gasteiger partial charge in [0.25, 0.3) is 0 Å². The number of aliphatic hydroxyl groups is 1. The standard InChI is InChI=1S/C29H37ClN10O2S/c1-19-20(42)16-29(26(19)31)4-8-39(9-5-29)23-17-35-24(18-34-23)43-21-2-6-32-27(25(21)30)36-22-3-7-33-28(37-22)40-12-10-38(11-13-40)14-15-41/h2-3,6-7,17-19,26,41H,4-5,8-16,31H2,1H3,(H,32,33,36,37)/t19-,26+/m1/s1. The van der Waals surface area contributed by atoms with Crippen LogP contribution < -0.4 is 20.9 Å². The first-order valence-corrected chi connectivity index (χ1v) is 15.9. The molecule has 228 valence electrons. The number of nitrogens with one attached hydrogen (secondary N) is 1. The van der Waals surface area contributed by atoms with Crippen LogP contribution in [0.3, 0.4) is 0 Å². The van der Waals surface area contributed by atoms with E-state index in [0.29, 0.717) is 41.4 Å². The van der Waals surface area contributed by atoms with Crippen LogP contribution in [0.2, 0.25) is 5.02 Å². The van der Waals surface area contributed by atoms with E-state index >= 15 is 0 Å². The lowest BCUT2D eigenvalue weighted by molar-refractivity contribution is -0.120. The number of nitrogens with two attached hydrogens (primary N) is 1. The fourth-order valence-electron chi connectivity index (χ4n) is 6.28. The van der Waals surface area contributed by atoms with Crippen LogP contribution in [-0.2, 0) is 4.79 Å². The molecule has 0 aromatic carbocycles. The largest absolute Gasteiger partial charge is 0.395 e. The van der Waals surface area contributed by atoms with Crippen molar-refractivity contribution in [3.05, 3.63) is 41.9 Å². The number of aromatic nitrogens is 5. The lowest BCUT2D eigenvalue weighted by Crippen LogP contribution is -2.48. The minimum Gasteiger partial charge on any atom is -0.395 e. The summed E-state index contributed by atoms with van der Waals surface area (Å²) in [6, 6.07) is 3.57. The Balaban J connectivity index is 1.07. The molecule has 5 heterocycles. The molecule has 1 saturated carbocycles. The number of anilines is 4. The van der Waals surface area contributed by atoms with Crippen molar-refractivity contribution in [2.75, 3.05) is 67.5 Å². The van der Waals surface area contributed by atoms with Crippen molar-refractivity contribution in [3.63, 3.8) is 0 Å². The predicted molar refractivity (Wildman–Crippen MR) is 167 cm³/mol. The van der Waals surface area contributed by atoms with Crippen LogP contribution in [0.15, 0.2) is 46.8 Å². The number of carbonyl (C=O) groups is 1. The number of ketones is 1. The molecule has 1 aliphatic carbocycles. The molecule has 3 aromatic rings. The number of hydrogen-bond donors (Lipinski definition) is 3. The zero-order valence-electron chi connectivity index (χ0n) is 24.2. The topological polar surface area (TPSA) is 150 Å². The maximum Gasteiger partial charge on any atom is 0.227 e. The molecule has 0 unspecified atom stereocenters. The van der Waals surface area contributed by atoms with Gasteiger partial charge in [-0.25, -0.2) is 19.9 Å². The Bertz CT molecular complexity index is 1430. The summed E-state index contributed by atoms with van der Waals surface area (Å²) >= 11 is 8.19. The Morgan fingerprint density at radius 1 is 1.05 bits per heavy atom. The summed E-state index contributed by atoms with van der Waals surface area (Å²) in [6.07, 6.45) is 9.35. The molecule has 1 spiro atoms. The van der Waals surface area contributed by atoms with Crippen molar-refractivity contribution in [2.24, 2.45) is 17.1 Å². The van der Waals surface area contributed by atoms with Gasteiger partial charge in [0.2, 0.25) is 5.95 Å². The number of piperazine rings is 1. The van der Waals surface area contributed by atoms with E-state index in [9.17, 15) is 9.90 Å². The van der Waals surface area contributed by atoms with E-state index in [4.69, 9.17) is 17.3 Å². The van der Waals surface area contributed by atoms with Crippen LogP contribution in [0.25, 0.3) is 0 Å². The number of β-amino-alcohol motifs (C(OH)–C–C–N with tert-alkyl or cyclic N) is 1. The molecule has 2 aliphatic heterocycles. The summed E-state index contributed by atoms with van der Waals surface area (Å²) in [4.78, 5) is 42.6. The van der Waals surface area contributed by atoms with Gasteiger partial charge < -0.3 is 26.0 Å². The number of piperidine rings is 1. The summed E-state index contributed by atoms with van der Waals surface area (Å²) in [5.74, 6) is 2.80. The Morgan fingerprint density at radius 3 is 2.49 bits per heavy atom. The van der Waals surface area contributed by atoms with Crippen molar-refractivity contribution in [3.8, 4) is 0 Å². The van der Waals surface area contributed by atoms with Gasteiger partial charge in [0, 0.05) is 81.5 Å². The van der Waals surface area contributed by atoms with Gasteiger partial charge in [-0.15, -0.1) is 0 Å². The molecule has 14 heteroatoms. The first-order chi connectivity index (χ1) is 20.8. The number of halogens is 1. The lowest BCUT2D eigenvalue weighted by Gasteiger charge is -2.42. The van der Waals surface area contributed by atoms with Gasteiger partial charge in [0.05, 0.1) is 24.0 Å². The average molecular weight is 625 g/mol. The highest BCUT2D eigenvalue weighted by molar-refractivity contribution is 7.99. The van der Waals surface area contributed by atoms with Crippen LogP contribution >= 0.6 is 23.4 Å². The molecule has 12 nitrogen and oxygen atoms in total. The van der Waals surface area contributed by atoms with E-state index in [1.807, 2.05) is 13.0 Å². The second kappa shape index (κ2) is 12.9. The number of aliphatic hydroxyl groups excluding tert-OH is 1. The first-order valence-electron chi connectivity index (χ1n) is 14.7. The smallest absolute Gasteiger partial charge is 0.227 e. The molecule has 3 fully saturated rings. The van der Waals surface area contributed by atoms with Gasteiger partial charge in [-0.3, -0.25) is 9.69 Å². The summed E-state index contributed by atoms with van der Waals surface area (Å²) in [6.45, 7) is 7.72. The average Bonchev–Trinajstić information content (AvgIpc) is 3.23. The third kappa shape index (κ3) is 6.41. The number of nitrogens with zero attached hydrogens (tertiary/aromatic N) is 8. The normalized spacial score (nSPS) is 22.4. The van der Waals surface area contributed by atoms with Crippen molar-refractivity contribution in [2.45, 2.75) is 42.1 Å². The third-order valence-corrected chi connectivity index (χ3v) is 10.5. The number of hydrogen-bond acceptors (Lipinski definition) is 13. The quantitative estimate of drug-likeness (QED) is 0.337. The Hall–Kier alpha value is -3.10. The van der Waals surface area contributed by atoms with Gasteiger partial charge in [-0.2, -0.15) is 4.98 Å². The summed E-state index contributed by atoms with van der Waals surface area (Å²) in [7, 11) is 0. The molecule has 2 atom stereocenters. The molecule has 0 radical (unpaired) electrons. The van der Waals surface area contributed by atoms with Crippen LogP contribution in [-0.4, -0.2) is 99.2 Å². The molecular formula is C29H37ClN10O2S. The monoisotopic (exact) mass is 624 g/mol. The highest BCUT2D eigenvalue weighted by Crippen LogP contribution is 2.46. The molecule has 2 saturated heterocycles.